The second kappa shape index (κ2) is 10.9. The van der Waals surface area contributed by atoms with Crippen molar-refractivity contribution in [2.24, 2.45) is 4.99 Å². The molecule has 0 radical (unpaired) electrons. The Morgan fingerprint density at radius 2 is 2.00 bits per heavy atom. The summed E-state index contributed by atoms with van der Waals surface area (Å²) in [4.78, 5) is 10.2. The van der Waals surface area contributed by atoms with Gasteiger partial charge >= 0.3 is 0 Å². The molecule has 0 fully saturated rings. The first kappa shape index (κ1) is 23.8. The summed E-state index contributed by atoms with van der Waals surface area (Å²) in [5.41, 5.74) is 1.94. The van der Waals surface area contributed by atoms with Gasteiger partial charge in [0.1, 0.15) is 0 Å². The summed E-state index contributed by atoms with van der Waals surface area (Å²) in [7, 11) is -0.337. The molecule has 1 aromatic carbocycles. The van der Waals surface area contributed by atoms with Gasteiger partial charge in [0.05, 0.1) is 15.6 Å². The second-order valence-corrected chi connectivity index (χ2v) is 8.88. The number of hydrogen-bond acceptors (Lipinski definition) is 5. The SMILES string of the molecule is CN=C(NCCc1nc(C)c(C)s1)NCc1cccc(S(=O)(=O)NC)c1.I. The van der Waals surface area contributed by atoms with Gasteiger partial charge in [0, 0.05) is 31.4 Å². The van der Waals surface area contributed by atoms with Crippen LogP contribution < -0.4 is 15.4 Å². The van der Waals surface area contributed by atoms with Crippen LogP contribution in [0, 0.1) is 13.8 Å². The van der Waals surface area contributed by atoms with Crippen molar-refractivity contribution >= 4 is 51.3 Å². The summed E-state index contributed by atoms with van der Waals surface area (Å²) in [6.07, 6.45) is 0.829. The van der Waals surface area contributed by atoms with Crippen molar-refractivity contribution in [1.82, 2.24) is 20.3 Å². The molecule has 0 saturated carbocycles. The van der Waals surface area contributed by atoms with E-state index in [0.717, 1.165) is 29.2 Å². The Hall–Kier alpha value is -1.24. The number of sulfonamides is 1. The van der Waals surface area contributed by atoms with Crippen LogP contribution in [-0.2, 0) is 23.0 Å². The summed E-state index contributed by atoms with van der Waals surface area (Å²) in [6, 6.07) is 6.81. The average molecular weight is 523 g/mol. The molecule has 3 N–H and O–H groups in total. The lowest BCUT2D eigenvalue weighted by Gasteiger charge is -2.12. The summed E-state index contributed by atoms with van der Waals surface area (Å²) >= 11 is 1.72. The Kier molecular flexibility index (Phi) is 9.63. The fourth-order valence-electron chi connectivity index (χ4n) is 2.28. The molecule has 0 amide bonds. The largest absolute Gasteiger partial charge is 0.356 e. The molecule has 0 unspecified atom stereocenters. The lowest BCUT2D eigenvalue weighted by atomic mass is 10.2. The minimum absolute atomic E-state index is 0. The van der Waals surface area contributed by atoms with E-state index in [1.165, 1.54) is 11.9 Å². The van der Waals surface area contributed by atoms with E-state index < -0.39 is 10.0 Å². The van der Waals surface area contributed by atoms with Crippen LogP contribution in [0.25, 0.3) is 0 Å². The van der Waals surface area contributed by atoms with Gasteiger partial charge in [-0.3, -0.25) is 4.99 Å². The predicted molar refractivity (Wildman–Crippen MR) is 122 cm³/mol. The molecule has 150 valence electrons. The fraction of sp³-hybridized carbons (Fsp3) is 0.412. The third-order valence-corrected chi connectivity index (χ3v) is 6.41. The maximum Gasteiger partial charge on any atom is 0.240 e. The van der Waals surface area contributed by atoms with Crippen molar-refractivity contribution in [2.45, 2.75) is 31.7 Å². The van der Waals surface area contributed by atoms with Crippen molar-refractivity contribution in [3.8, 4) is 0 Å². The summed E-state index contributed by atoms with van der Waals surface area (Å²) < 4.78 is 26.1. The third-order valence-electron chi connectivity index (χ3n) is 3.87. The maximum absolute atomic E-state index is 11.9. The van der Waals surface area contributed by atoms with Gasteiger partial charge in [-0.2, -0.15) is 0 Å². The first-order chi connectivity index (χ1) is 12.4. The lowest BCUT2D eigenvalue weighted by molar-refractivity contribution is 0.588. The molecule has 0 saturated heterocycles. The highest BCUT2D eigenvalue weighted by Crippen LogP contribution is 2.16. The molecule has 1 heterocycles. The number of aromatic nitrogens is 1. The van der Waals surface area contributed by atoms with Gasteiger partial charge in [0.2, 0.25) is 10.0 Å². The average Bonchev–Trinajstić information content (AvgIpc) is 2.96. The van der Waals surface area contributed by atoms with Crippen LogP contribution in [0.15, 0.2) is 34.2 Å². The van der Waals surface area contributed by atoms with E-state index in [9.17, 15) is 8.42 Å². The number of nitrogens with zero attached hydrogens (tertiary/aromatic N) is 2. The zero-order valence-electron chi connectivity index (χ0n) is 15.9. The predicted octanol–water partition coefficient (Wildman–Crippen LogP) is 2.19. The molecular formula is C17H26IN5O2S2. The standard InChI is InChI=1S/C17H25N5O2S2.HI/c1-12-13(2)25-16(22-12)8-9-20-17(18-3)21-11-14-6-5-7-15(10-14)26(23,24)19-4;/h5-7,10,19H,8-9,11H2,1-4H3,(H2,18,20,21);1H. The Balaban J connectivity index is 0.00000364. The van der Waals surface area contributed by atoms with Crippen molar-refractivity contribution in [1.29, 1.82) is 0 Å². The maximum atomic E-state index is 11.9. The summed E-state index contributed by atoms with van der Waals surface area (Å²) in [5.74, 6) is 0.664. The van der Waals surface area contributed by atoms with Gasteiger partial charge in [-0.15, -0.1) is 35.3 Å². The minimum atomic E-state index is -3.44. The zero-order valence-corrected chi connectivity index (χ0v) is 19.8. The van der Waals surface area contributed by atoms with E-state index in [-0.39, 0.29) is 28.9 Å². The Morgan fingerprint density at radius 1 is 1.26 bits per heavy atom. The van der Waals surface area contributed by atoms with Crippen LogP contribution in [0.1, 0.15) is 21.1 Å². The normalized spacial score (nSPS) is 11.8. The molecule has 0 spiro atoms. The van der Waals surface area contributed by atoms with Gasteiger partial charge in [0.25, 0.3) is 0 Å². The van der Waals surface area contributed by atoms with Gasteiger partial charge < -0.3 is 10.6 Å². The smallest absolute Gasteiger partial charge is 0.240 e. The van der Waals surface area contributed by atoms with E-state index in [1.807, 2.05) is 13.0 Å². The minimum Gasteiger partial charge on any atom is -0.356 e. The topological polar surface area (TPSA) is 95.5 Å². The Morgan fingerprint density at radius 3 is 2.59 bits per heavy atom. The number of hydrogen-bond donors (Lipinski definition) is 3. The highest BCUT2D eigenvalue weighted by Gasteiger charge is 2.11. The molecule has 2 aromatic rings. The fourth-order valence-corrected chi connectivity index (χ4v) is 4.01. The first-order valence-electron chi connectivity index (χ1n) is 8.25. The zero-order chi connectivity index (χ0) is 19.2. The molecular weight excluding hydrogens is 497 g/mol. The molecule has 0 aliphatic heterocycles. The molecule has 2 rings (SSSR count). The quantitative estimate of drug-likeness (QED) is 0.294. The van der Waals surface area contributed by atoms with Crippen molar-refractivity contribution in [3.05, 3.63) is 45.4 Å². The summed E-state index contributed by atoms with van der Waals surface area (Å²) in [5, 5.41) is 7.54. The number of rotatable bonds is 7. The lowest BCUT2D eigenvalue weighted by Crippen LogP contribution is -2.37. The van der Waals surface area contributed by atoms with Crippen LogP contribution in [0.2, 0.25) is 0 Å². The number of aliphatic imine (C=N–C) groups is 1. The van der Waals surface area contributed by atoms with Gasteiger partial charge in [-0.25, -0.2) is 18.1 Å². The van der Waals surface area contributed by atoms with Crippen LogP contribution in [-0.4, -0.2) is 40.0 Å². The Bertz CT molecular complexity index is 862. The molecule has 27 heavy (non-hydrogen) atoms. The molecule has 0 atom stereocenters. The van der Waals surface area contributed by atoms with E-state index in [2.05, 4.69) is 32.3 Å². The van der Waals surface area contributed by atoms with Crippen LogP contribution in [0.5, 0.6) is 0 Å². The number of benzene rings is 1. The number of thiazole rings is 1. The van der Waals surface area contributed by atoms with Crippen molar-refractivity contribution in [2.75, 3.05) is 20.6 Å². The van der Waals surface area contributed by atoms with Crippen LogP contribution in [0.4, 0.5) is 0 Å². The molecule has 7 nitrogen and oxygen atoms in total. The van der Waals surface area contributed by atoms with Crippen LogP contribution in [0.3, 0.4) is 0 Å². The number of aryl methyl sites for hydroxylation is 2. The molecule has 0 bridgehead atoms. The van der Waals surface area contributed by atoms with E-state index in [1.54, 1.807) is 36.6 Å². The van der Waals surface area contributed by atoms with Crippen molar-refractivity contribution in [3.63, 3.8) is 0 Å². The van der Waals surface area contributed by atoms with E-state index in [0.29, 0.717) is 12.5 Å². The van der Waals surface area contributed by atoms with Crippen LogP contribution >= 0.6 is 35.3 Å². The van der Waals surface area contributed by atoms with Gasteiger partial charge in [0.15, 0.2) is 5.96 Å². The monoisotopic (exact) mass is 523 g/mol. The number of guanidine groups is 1. The molecule has 10 heteroatoms. The van der Waals surface area contributed by atoms with E-state index >= 15 is 0 Å². The molecule has 1 aromatic heterocycles. The second-order valence-electron chi connectivity index (χ2n) is 5.71. The summed E-state index contributed by atoms with van der Waals surface area (Å²) in [6.45, 7) is 5.29. The number of nitrogens with one attached hydrogen (secondary N) is 3. The van der Waals surface area contributed by atoms with Gasteiger partial charge in [-0.1, -0.05) is 12.1 Å². The molecule has 0 aliphatic carbocycles. The van der Waals surface area contributed by atoms with Crippen molar-refractivity contribution < 1.29 is 8.42 Å². The van der Waals surface area contributed by atoms with E-state index in [4.69, 9.17) is 0 Å². The Labute approximate surface area is 182 Å². The highest BCUT2D eigenvalue weighted by atomic mass is 127. The number of halogens is 1. The molecule has 0 aliphatic rings. The highest BCUT2D eigenvalue weighted by molar-refractivity contribution is 14.0. The first-order valence-corrected chi connectivity index (χ1v) is 10.6. The van der Waals surface area contributed by atoms with Gasteiger partial charge in [-0.05, 0) is 38.6 Å². The third kappa shape index (κ3) is 7.01.